The molecule has 0 spiro atoms. The lowest BCUT2D eigenvalue weighted by Gasteiger charge is -2.34. The van der Waals surface area contributed by atoms with Crippen LogP contribution in [0.3, 0.4) is 0 Å². The fraction of sp³-hybridized carbons (Fsp3) is 0.923. The van der Waals surface area contributed by atoms with E-state index in [9.17, 15) is 0 Å². The minimum absolute atomic E-state index is 0. The Hall–Kier alpha value is 0.310. The molecule has 0 aromatic carbocycles. The highest BCUT2D eigenvalue weighted by Gasteiger charge is 2.31. The van der Waals surface area contributed by atoms with Crippen molar-refractivity contribution in [3.05, 3.63) is 0 Å². The van der Waals surface area contributed by atoms with Gasteiger partial charge in [-0.2, -0.15) is 11.8 Å². The summed E-state index contributed by atoms with van der Waals surface area (Å²) in [6.07, 6.45) is 9.42. The van der Waals surface area contributed by atoms with Crippen molar-refractivity contribution in [2.75, 3.05) is 26.0 Å². The zero-order valence-electron chi connectivity index (χ0n) is 11.7. The molecule has 1 saturated heterocycles. The molecule has 1 aliphatic heterocycles. The molecule has 112 valence electrons. The van der Waals surface area contributed by atoms with Crippen molar-refractivity contribution < 1.29 is 4.74 Å². The van der Waals surface area contributed by atoms with Crippen molar-refractivity contribution >= 4 is 41.7 Å². The normalized spacial score (nSPS) is 23.9. The van der Waals surface area contributed by atoms with Crippen molar-refractivity contribution in [3.8, 4) is 0 Å². The summed E-state index contributed by atoms with van der Waals surface area (Å²) in [5.74, 6) is 0.627. The van der Waals surface area contributed by atoms with Gasteiger partial charge in [0.1, 0.15) is 0 Å². The van der Waals surface area contributed by atoms with Gasteiger partial charge in [-0.15, -0.1) is 24.0 Å². The third kappa shape index (κ3) is 5.30. The van der Waals surface area contributed by atoms with Gasteiger partial charge in [-0.25, -0.2) is 0 Å². The summed E-state index contributed by atoms with van der Waals surface area (Å²) in [6, 6.07) is 0.550. The van der Waals surface area contributed by atoms with Crippen LogP contribution >= 0.6 is 35.7 Å². The van der Waals surface area contributed by atoms with Crippen LogP contribution in [0.1, 0.15) is 38.5 Å². The van der Waals surface area contributed by atoms with E-state index >= 15 is 0 Å². The number of nitrogens with two attached hydrogens (primary N) is 1. The highest BCUT2D eigenvalue weighted by atomic mass is 127. The zero-order valence-corrected chi connectivity index (χ0v) is 14.8. The Bertz CT molecular complexity index is 290. The fourth-order valence-electron chi connectivity index (χ4n) is 2.72. The lowest BCUT2D eigenvalue weighted by atomic mass is 9.99. The van der Waals surface area contributed by atoms with Crippen LogP contribution < -0.4 is 11.1 Å². The smallest absolute Gasteiger partial charge is 0.188 e. The molecule has 2 aliphatic rings. The van der Waals surface area contributed by atoms with Crippen LogP contribution in [0.15, 0.2) is 4.99 Å². The molecule has 0 aromatic heterocycles. The monoisotopic (exact) mass is 399 g/mol. The summed E-state index contributed by atoms with van der Waals surface area (Å²) in [7, 11) is 0. The van der Waals surface area contributed by atoms with Gasteiger partial charge in [0.05, 0.1) is 6.54 Å². The number of hydrogen-bond donors (Lipinski definition) is 2. The number of halogens is 1. The number of guanidine groups is 1. The maximum Gasteiger partial charge on any atom is 0.188 e. The Kier molecular flexibility index (Phi) is 7.83. The quantitative estimate of drug-likeness (QED) is 0.433. The number of nitrogens with zero attached hydrogens (tertiary/aromatic N) is 1. The van der Waals surface area contributed by atoms with Crippen molar-refractivity contribution in [1.82, 2.24) is 5.32 Å². The van der Waals surface area contributed by atoms with E-state index < -0.39 is 0 Å². The van der Waals surface area contributed by atoms with Gasteiger partial charge in [0.25, 0.3) is 0 Å². The Morgan fingerprint density at radius 1 is 1.37 bits per heavy atom. The van der Waals surface area contributed by atoms with Crippen LogP contribution in [-0.4, -0.2) is 42.8 Å². The highest BCUT2D eigenvalue weighted by molar-refractivity contribution is 14.0. The van der Waals surface area contributed by atoms with Gasteiger partial charge in [0, 0.05) is 24.0 Å². The van der Waals surface area contributed by atoms with E-state index in [1.807, 2.05) is 11.8 Å². The zero-order chi connectivity index (χ0) is 12.8. The molecule has 0 aromatic rings. The van der Waals surface area contributed by atoms with Crippen LogP contribution in [0.5, 0.6) is 0 Å². The van der Waals surface area contributed by atoms with Crippen molar-refractivity contribution in [2.45, 2.75) is 49.3 Å². The average molecular weight is 399 g/mol. The Morgan fingerprint density at radius 2 is 2.00 bits per heavy atom. The van der Waals surface area contributed by atoms with Gasteiger partial charge in [-0.1, -0.05) is 12.8 Å². The molecule has 1 aliphatic carbocycles. The molecule has 4 nitrogen and oxygen atoms in total. The minimum Gasteiger partial charge on any atom is -0.381 e. The van der Waals surface area contributed by atoms with Crippen LogP contribution in [0, 0.1) is 0 Å². The molecule has 19 heavy (non-hydrogen) atoms. The van der Waals surface area contributed by atoms with Crippen LogP contribution in [0.25, 0.3) is 0 Å². The minimum atomic E-state index is 0. The molecule has 2 fully saturated rings. The van der Waals surface area contributed by atoms with Gasteiger partial charge in [0.2, 0.25) is 0 Å². The molecule has 1 heterocycles. The van der Waals surface area contributed by atoms with E-state index in [1.54, 1.807) is 0 Å². The van der Waals surface area contributed by atoms with E-state index in [2.05, 4.69) is 16.6 Å². The van der Waals surface area contributed by atoms with E-state index in [4.69, 9.17) is 10.5 Å². The second-order valence-corrected chi connectivity index (χ2v) is 6.60. The van der Waals surface area contributed by atoms with Crippen LogP contribution in [0.2, 0.25) is 0 Å². The van der Waals surface area contributed by atoms with Crippen molar-refractivity contribution in [3.63, 3.8) is 0 Å². The number of hydrogen-bond acceptors (Lipinski definition) is 3. The second kappa shape index (κ2) is 8.56. The van der Waals surface area contributed by atoms with Gasteiger partial charge in [0.15, 0.2) is 5.96 Å². The first kappa shape index (κ1) is 17.4. The number of thioether (sulfide) groups is 1. The van der Waals surface area contributed by atoms with E-state index in [0.717, 1.165) is 32.6 Å². The van der Waals surface area contributed by atoms with Crippen LogP contribution in [0.4, 0.5) is 0 Å². The molecule has 1 saturated carbocycles. The maximum atomic E-state index is 5.98. The molecule has 0 unspecified atom stereocenters. The number of rotatable bonds is 4. The topological polar surface area (TPSA) is 59.6 Å². The number of ether oxygens (including phenoxy) is 1. The molecule has 2 rings (SSSR count). The summed E-state index contributed by atoms with van der Waals surface area (Å²) in [5, 5.41) is 3.35. The Labute approximate surface area is 137 Å². The molecular formula is C13H26IN3OS. The van der Waals surface area contributed by atoms with Crippen LogP contribution in [-0.2, 0) is 4.74 Å². The Balaban J connectivity index is 0.00000180. The SMILES string of the molecule is CSC1(CN=C(N)NC2CCCC2)CCOCC1.I. The van der Waals surface area contributed by atoms with Crippen molar-refractivity contribution in [1.29, 1.82) is 0 Å². The van der Waals surface area contributed by atoms with Gasteiger partial charge < -0.3 is 15.8 Å². The lowest BCUT2D eigenvalue weighted by molar-refractivity contribution is 0.0794. The summed E-state index contributed by atoms with van der Waals surface area (Å²) in [4.78, 5) is 4.56. The average Bonchev–Trinajstić information content (AvgIpc) is 2.90. The molecule has 0 amide bonds. The lowest BCUT2D eigenvalue weighted by Crippen LogP contribution is -2.41. The molecule has 6 heteroatoms. The number of aliphatic imine (C=N–C) groups is 1. The third-order valence-corrected chi connectivity index (χ3v) is 5.49. The second-order valence-electron chi connectivity index (χ2n) is 5.33. The highest BCUT2D eigenvalue weighted by Crippen LogP contribution is 2.33. The predicted octanol–water partition coefficient (Wildman–Crippen LogP) is 2.36. The first-order valence-corrected chi connectivity index (χ1v) is 8.16. The van der Waals surface area contributed by atoms with E-state index in [1.165, 1.54) is 25.7 Å². The van der Waals surface area contributed by atoms with E-state index in [-0.39, 0.29) is 28.7 Å². The van der Waals surface area contributed by atoms with Gasteiger partial charge in [-0.05, 0) is 31.9 Å². The first-order valence-electron chi connectivity index (χ1n) is 6.93. The standard InChI is InChI=1S/C13H25N3OS.HI/c1-18-13(6-8-17-9-7-13)10-15-12(14)16-11-4-2-3-5-11;/h11H,2-10H2,1H3,(H3,14,15,16);1H. The maximum absolute atomic E-state index is 5.98. The summed E-state index contributed by atoms with van der Waals surface area (Å²) >= 11 is 1.91. The van der Waals surface area contributed by atoms with Crippen molar-refractivity contribution in [2.24, 2.45) is 10.7 Å². The third-order valence-electron chi connectivity index (χ3n) is 4.08. The van der Waals surface area contributed by atoms with E-state index in [0.29, 0.717) is 12.0 Å². The van der Waals surface area contributed by atoms with Gasteiger partial charge in [-0.3, -0.25) is 4.99 Å². The summed E-state index contributed by atoms with van der Waals surface area (Å²) in [5.41, 5.74) is 5.98. The summed E-state index contributed by atoms with van der Waals surface area (Å²) in [6.45, 7) is 2.52. The predicted molar refractivity (Wildman–Crippen MR) is 93.6 cm³/mol. The molecule has 0 atom stereocenters. The number of nitrogens with one attached hydrogen (secondary N) is 1. The fourth-order valence-corrected chi connectivity index (χ4v) is 3.49. The molecule has 0 radical (unpaired) electrons. The summed E-state index contributed by atoms with van der Waals surface area (Å²) < 4.78 is 5.67. The Morgan fingerprint density at radius 3 is 2.58 bits per heavy atom. The van der Waals surface area contributed by atoms with Gasteiger partial charge >= 0.3 is 0 Å². The molecule has 0 bridgehead atoms. The molecule has 3 N–H and O–H groups in total. The molecular weight excluding hydrogens is 373 g/mol. The first-order chi connectivity index (χ1) is 8.74. The largest absolute Gasteiger partial charge is 0.381 e.